The fourth-order valence-corrected chi connectivity index (χ4v) is 0.891. The molecular weight excluding hydrogens is 208 g/mol. The van der Waals surface area contributed by atoms with Crippen molar-refractivity contribution in [3.8, 4) is 5.75 Å². The smallest absolute Gasteiger partial charge is 0.262 e. The summed E-state index contributed by atoms with van der Waals surface area (Å²) in [7, 11) is 0. The Morgan fingerprint density at radius 1 is 1.36 bits per heavy atom. The van der Waals surface area contributed by atoms with Crippen LogP contribution in [0.5, 0.6) is 5.75 Å². The highest BCUT2D eigenvalue weighted by atomic mass is 79.9. The van der Waals surface area contributed by atoms with Crippen molar-refractivity contribution in [3.63, 3.8) is 0 Å². The zero-order chi connectivity index (χ0) is 8.32. The Kier molecular flexibility index (Phi) is 2.52. The standard InChI is InChI=1S/C8H9BrO2/c1-8(9,10)11-7-5-3-2-4-6-7/h2-6,10H,1H3. The van der Waals surface area contributed by atoms with Crippen LogP contribution in [0.1, 0.15) is 6.92 Å². The van der Waals surface area contributed by atoms with E-state index in [1.54, 1.807) is 12.1 Å². The van der Waals surface area contributed by atoms with E-state index in [2.05, 4.69) is 15.9 Å². The summed E-state index contributed by atoms with van der Waals surface area (Å²) in [5, 5.41) is 9.17. The predicted molar refractivity (Wildman–Crippen MR) is 46.6 cm³/mol. The van der Waals surface area contributed by atoms with E-state index in [4.69, 9.17) is 9.84 Å². The largest absolute Gasteiger partial charge is 0.453 e. The maximum absolute atomic E-state index is 9.17. The Morgan fingerprint density at radius 2 is 1.91 bits per heavy atom. The summed E-state index contributed by atoms with van der Waals surface area (Å²) in [6, 6.07) is 9.11. The van der Waals surface area contributed by atoms with Crippen molar-refractivity contribution >= 4 is 15.9 Å². The number of hydrogen-bond acceptors (Lipinski definition) is 2. The molecule has 0 aliphatic carbocycles. The molecule has 0 saturated carbocycles. The molecule has 0 spiro atoms. The number of halogens is 1. The third-order valence-electron chi connectivity index (χ3n) is 1.05. The summed E-state index contributed by atoms with van der Waals surface area (Å²) in [6.07, 6.45) is 0. The lowest BCUT2D eigenvalue weighted by Crippen LogP contribution is -2.22. The number of hydrogen-bond donors (Lipinski definition) is 1. The summed E-state index contributed by atoms with van der Waals surface area (Å²) >= 11 is 2.95. The van der Waals surface area contributed by atoms with Crippen molar-refractivity contribution in [2.75, 3.05) is 0 Å². The first-order valence-electron chi connectivity index (χ1n) is 3.23. The van der Waals surface area contributed by atoms with Crippen molar-refractivity contribution < 1.29 is 9.84 Å². The highest BCUT2D eigenvalue weighted by molar-refractivity contribution is 9.09. The van der Waals surface area contributed by atoms with Gasteiger partial charge in [-0.3, -0.25) is 0 Å². The Morgan fingerprint density at radius 3 is 2.36 bits per heavy atom. The lowest BCUT2D eigenvalue weighted by molar-refractivity contribution is -0.0287. The van der Waals surface area contributed by atoms with Gasteiger partial charge < -0.3 is 9.84 Å². The molecule has 1 unspecified atom stereocenters. The number of rotatable bonds is 2. The molecule has 0 saturated heterocycles. The van der Waals surface area contributed by atoms with E-state index in [0.717, 1.165) is 0 Å². The Hall–Kier alpha value is -0.540. The molecule has 0 bridgehead atoms. The monoisotopic (exact) mass is 216 g/mol. The molecular formula is C8H9BrO2. The topological polar surface area (TPSA) is 29.5 Å². The van der Waals surface area contributed by atoms with Gasteiger partial charge in [-0.05, 0) is 28.1 Å². The van der Waals surface area contributed by atoms with E-state index in [0.29, 0.717) is 5.75 Å². The van der Waals surface area contributed by atoms with Crippen LogP contribution in [0.4, 0.5) is 0 Å². The summed E-state index contributed by atoms with van der Waals surface area (Å²) < 4.78 is 3.79. The van der Waals surface area contributed by atoms with Crippen molar-refractivity contribution in [2.24, 2.45) is 0 Å². The minimum atomic E-state index is -1.28. The lowest BCUT2D eigenvalue weighted by atomic mass is 10.3. The zero-order valence-corrected chi connectivity index (χ0v) is 7.71. The molecule has 2 nitrogen and oxygen atoms in total. The van der Waals surface area contributed by atoms with Gasteiger partial charge in [-0.2, -0.15) is 0 Å². The maximum Gasteiger partial charge on any atom is 0.262 e. The van der Waals surface area contributed by atoms with E-state index >= 15 is 0 Å². The normalized spacial score (nSPS) is 15.5. The molecule has 1 aromatic rings. The van der Waals surface area contributed by atoms with Crippen molar-refractivity contribution in [1.82, 2.24) is 0 Å². The highest BCUT2D eigenvalue weighted by Crippen LogP contribution is 2.19. The van der Waals surface area contributed by atoms with Crippen LogP contribution in [-0.4, -0.2) is 9.80 Å². The predicted octanol–water partition coefficient (Wildman–Crippen LogP) is 2.13. The van der Waals surface area contributed by atoms with Crippen LogP contribution < -0.4 is 4.74 Å². The van der Waals surface area contributed by atoms with Gasteiger partial charge in [0.1, 0.15) is 5.75 Å². The third-order valence-corrected chi connectivity index (χ3v) is 1.21. The summed E-state index contributed by atoms with van der Waals surface area (Å²) in [5.41, 5.74) is 0. The summed E-state index contributed by atoms with van der Waals surface area (Å²) in [4.78, 5) is 0. The average Bonchev–Trinajstić information content (AvgIpc) is 1.85. The molecule has 0 amide bonds. The van der Waals surface area contributed by atoms with Gasteiger partial charge in [-0.15, -0.1) is 0 Å². The van der Waals surface area contributed by atoms with Crippen LogP contribution in [-0.2, 0) is 0 Å². The Labute approximate surface area is 73.9 Å². The molecule has 0 aliphatic heterocycles. The van der Waals surface area contributed by atoms with E-state index in [1.807, 2.05) is 18.2 Å². The fraction of sp³-hybridized carbons (Fsp3) is 0.250. The van der Waals surface area contributed by atoms with Gasteiger partial charge in [-0.1, -0.05) is 18.2 Å². The Balaban J connectivity index is 2.66. The van der Waals surface area contributed by atoms with E-state index in [1.165, 1.54) is 6.92 Å². The molecule has 0 fully saturated rings. The van der Waals surface area contributed by atoms with Crippen molar-refractivity contribution in [3.05, 3.63) is 30.3 Å². The molecule has 1 aromatic carbocycles. The molecule has 0 heterocycles. The van der Waals surface area contributed by atoms with Gasteiger partial charge in [0, 0.05) is 6.92 Å². The van der Waals surface area contributed by atoms with E-state index in [-0.39, 0.29) is 0 Å². The van der Waals surface area contributed by atoms with Gasteiger partial charge >= 0.3 is 0 Å². The van der Waals surface area contributed by atoms with Crippen LogP contribution >= 0.6 is 15.9 Å². The van der Waals surface area contributed by atoms with Crippen LogP contribution in [0.25, 0.3) is 0 Å². The Bertz CT molecular complexity index is 215. The molecule has 1 N–H and O–H groups in total. The fourth-order valence-electron chi connectivity index (χ4n) is 0.704. The second-order valence-electron chi connectivity index (χ2n) is 2.28. The van der Waals surface area contributed by atoms with Crippen LogP contribution in [0, 0.1) is 0 Å². The molecule has 0 aliphatic rings. The molecule has 1 rings (SSSR count). The summed E-state index contributed by atoms with van der Waals surface area (Å²) in [6.45, 7) is 1.51. The second kappa shape index (κ2) is 3.24. The quantitative estimate of drug-likeness (QED) is 0.607. The SMILES string of the molecule is CC(O)(Br)Oc1ccccc1. The lowest BCUT2D eigenvalue weighted by Gasteiger charge is -2.16. The first-order chi connectivity index (χ1) is 5.08. The van der Waals surface area contributed by atoms with Crippen LogP contribution in [0.3, 0.4) is 0 Å². The number of benzene rings is 1. The molecule has 60 valence electrons. The zero-order valence-electron chi connectivity index (χ0n) is 6.12. The number of alkyl halides is 1. The van der Waals surface area contributed by atoms with Crippen molar-refractivity contribution in [1.29, 1.82) is 0 Å². The van der Waals surface area contributed by atoms with Gasteiger partial charge in [0.05, 0.1) is 0 Å². The van der Waals surface area contributed by atoms with E-state index in [9.17, 15) is 0 Å². The maximum atomic E-state index is 9.17. The minimum absolute atomic E-state index is 0.634. The third kappa shape index (κ3) is 3.39. The first kappa shape index (κ1) is 8.56. The molecule has 0 radical (unpaired) electrons. The minimum Gasteiger partial charge on any atom is -0.453 e. The van der Waals surface area contributed by atoms with Crippen LogP contribution in [0.2, 0.25) is 0 Å². The van der Waals surface area contributed by atoms with Crippen molar-refractivity contribution in [2.45, 2.75) is 11.6 Å². The first-order valence-corrected chi connectivity index (χ1v) is 4.02. The van der Waals surface area contributed by atoms with Gasteiger partial charge in [0.2, 0.25) is 0 Å². The number of ether oxygens (including phenoxy) is 1. The highest BCUT2D eigenvalue weighted by Gasteiger charge is 2.15. The summed E-state index contributed by atoms with van der Waals surface area (Å²) in [5.74, 6) is 0.634. The second-order valence-corrected chi connectivity index (χ2v) is 3.76. The van der Waals surface area contributed by atoms with Gasteiger partial charge in [0.25, 0.3) is 4.70 Å². The van der Waals surface area contributed by atoms with Crippen LogP contribution in [0.15, 0.2) is 30.3 Å². The van der Waals surface area contributed by atoms with Gasteiger partial charge in [-0.25, -0.2) is 0 Å². The number of para-hydroxylation sites is 1. The molecule has 0 aromatic heterocycles. The van der Waals surface area contributed by atoms with Gasteiger partial charge in [0.15, 0.2) is 0 Å². The molecule has 1 atom stereocenters. The van der Waals surface area contributed by atoms with E-state index < -0.39 is 4.70 Å². The molecule has 3 heteroatoms. The molecule has 11 heavy (non-hydrogen) atoms. The average molecular weight is 217 g/mol. The number of aliphatic hydroxyl groups is 1.